The normalized spacial score (nSPS) is 17.9. The fourth-order valence-electron chi connectivity index (χ4n) is 4.27. The van der Waals surface area contributed by atoms with Crippen molar-refractivity contribution in [2.75, 3.05) is 19.6 Å². The van der Waals surface area contributed by atoms with Crippen LogP contribution in [0.1, 0.15) is 24.8 Å². The van der Waals surface area contributed by atoms with Crippen molar-refractivity contribution >= 4 is 10.9 Å². The molecule has 3 aromatic rings. The number of para-hydroxylation sites is 1. The predicted octanol–water partition coefficient (Wildman–Crippen LogP) is 5.73. The maximum absolute atomic E-state index is 4.91. The van der Waals surface area contributed by atoms with E-state index in [1.54, 1.807) is 0 Å². The van der Waals surface area contributed by atoms with Crippen molar-refractivity contribution in [3.8, 4) is 11.3 Å². The molecule has 2 heteroatoms. The molecule has 1 aliphatic heterocycles. The summed E-state index contributed by atoms with van der Waals surface area (Å²) in [6.45, 7) is 7.47. The molecular weight excluding hydrogens is 328 g/mol. The van der Waals surface area contributed by atoms with Gasteiger partial charge in [0.25, 0.3) is 0 Å². The van der Waals surface area contributed by atoms with Gasteiger partial charge in [0.2, 0.25) is 0 Å². The number of hydrogen-bond donors (Lipinski definition) is 0. The average molecular weight is 357 g/mol. The molecular formula is C25H28N2. The standard InChI is InChI=1S/C25H28N2/c1-2-9-20-10-8-16-27(19-20)17-15-22-18-25(21-11-4-3-5-12-21)26-24-14-7-6-13-23(22)24/h2-7,11-14,18,20H,1,8-10,15-17,19H2. The van der Waals surface area contributed by atoms with Crippen LogP contribution in [-0.4, -0.2) is 29.5 Å². The monoisotopic (exact) mass is 356 g/mol. The summed E-state index contributed by atoms with van der Waals surface area (Å²) < 4.78 is 0. The van der Waals surface area contributed by atoms with Gasteiger partial charge in [-0.2, -0.15) is 0 Å². The Hall–Kier alpha value is -2.45. The third kappa shape index (κ3) is 4.28. The number of fused-ring (bicyclic) bond motifs is 1. The molecule has 2 nitrogen and oxygen atoms in total. The van der Waals surface area contributed by atoms with Crippen molar-refractivity contribution < 1.29 is 0 Å². The maximum Gasteiger partial charge on any atom is 0.0712 e. The molecule has 0 spiro atoms. The molecule has 1 fully saturated rings. The third-order valence-corrected chi connectivity index (χ3v) is 5.67. The van der Waals surface area contributed by atoms with Gasteiger partial charge >= 0.3 is 0 Å². The van der Waals surface area contributed by atoms with E-state index in [2.05, 4.69) is 78.2 Å². The number of piperidine rings is 1. The molecule has 1 saturated heterocycles. The summed E-state index contributed by atoms with van der Waals surface area (Å²) in [6.07, 6.45) is 6.96. The summed E-state index contributed by atoms with van der Waals surface area (Å²) in [5.41, 5.74) is 4.77. The third-order valence-electron chi connectivity index (χ3n) is 5.67. The van der Waals surface area contributed by atoms with E-state index in [4.69, 9.17) is 4.98 Å². The van der Waals surface area contributed by atoms with Crippen molar-refractivity contribution in [3.63, 3.8) is 0 Å². The Bertz CT molecular complexity index is 901. The van der Waals surface area contributed by atoms with E-state index in [1.807, 2.05) is 0 Å². The molecule has 0 aliphatic carbocycles. The lowest BCUT2D eigenvalue weighted by atomic mass is 9.94. The molecule has 0 radical (unpaired) electrons. The molecule has 0 saturated carbocycles. The van der Waals surface area contributed by atoms with Gasteiger partial charge in [-0.25, -0.2) is 4.98 Å². The van der Waals surface area contributed by atoms with Crippen molar-refractivity contribution in [2.45, 2.75) is 25.7 Å². The second kappa shape index (κ2) is 8.49. The van der Waals surface area contributed by atoms with E-state index in [0.717, 1.165) is 36.5 Å². The number of rotatable bonds is 6. The molecule has 1 aliphatic rings. The van der Waals surface area contributed by atoms with Crippen LogP contribution < -0.4 is 0 Å². The summed E-state index contributed by atoms with van der Waals surface area (Å²) in [7, 11) is 0. The van der Waals surface area contributed by atoms with E-state index < -0.39 is 0 Å². The molecule has 27 heavy (non-hydrogen) atoms. The molecule has 2 heterocycles. The van der Waals surface area contributed by atoms with E-state index in [1.165, 1.54) is 42.4 Å². The van der Waals surface area contributed by atoms with Crippen LogP contribution in [0.15, 0.2) is 73.3 Å². The Morgan fingerprint density at radius 3 is 2.74 bits per heavy atom. The highest BCUT2D eigenvalue weighted by Crippen LogP contribution is 2.26. The van der Waals surface area contributed by atoms with Crippen LogP contribution in [0.3, 0.4) is 0 Å². The van der Waals surface area contributed by atoms with Crippen molar-refractivity contribution in [1.82, 2.24) is 9.88 Å². The molecule has 138 valence electrons. The summed E-state index contributed by atoms with van der Waals surface area (Å²) in [4.78, 5) is 7.55. The zero-order valence-electron chi connectivity index (χ0n) is 16.0. The summed E-state index contributed by atoms with van der Waals surface area (Å²) in [6, 6.07) is 21.4. The second-order valence-corrected chi connectivity index (χ2v) is 7.63. The number of nitrogens with zero attached hydrogens (tertiary/aromatic N) is 2. The van der Waals surface area contributed by atoms with Gasteiger partial charge in [-0.15, -0.1) is 6.58 Å². The molecule has 0 bridgehead atoms. The number of pyridine rings is 1. The van der Waals surface area contributed by atoms with Crippen LogP contribution in [0.4, 0.5) is 0 Å². The van der Waals surface area contributed by atoms with Gasteiger partial charge in [0.05, 0.1) is 11.2 Å². The lowest BCUT2D eigenvalue weighted by Crippen LogP contribution is -2.36. The lowest BCUT2D eigenvalue weighted by molar-refractivity contribution is 0.177. The van der Waals surface area contributed by atoms with E-state index in [9.17, 15) is 0 Å². The summed E-state index contributed by atoms with van der Waals surface area (Å²) >= 11 is 0. The van der Waals surface area contributed by atoms with Gasteiger partial charge in [-0.1, -0.05) is 54.6 Å². The minimum atomic E-state index is 0.783. The van der Waals surface area contributed by atoms with Crippen molar-refractivity contribution in [3.05, 3.63) is 78.9 Å². The number of aromatic nitrogens is 1. The van der Waals surface area contributed by atoms with Crippen molar-refractivity contribution in [1.29, 1.82) is 0 Å². The largest absolute Gasteiger partial charge is 0.303 e. The van der Waals surface area contributed by atoms with E-state index in [0.29, 0.717) is 0 Å². The van der Waals surface area contributed by atoms with Gasteiger partial charge in [0, 0.05) is 24.0 Å². The minimum absolute atomic E-state index is 0.783. The van der Waals surface area contributed by atoms with Crippen LogP contribution in [-0.2, 0) is 6.42 Å². The fraction of sp³-hybridized carbons (Fsp3) is 0.320. The molecule has 1 atom stereocenters. The Labute approximate surface area is 162 Å². The predicted molar refractivity (Wildman–Crippen MR) is 115 cm³/mol. The highest BCUT2D eigenvalue weighted by Gasteiger charge is 2.19. The van der Waals surface area contributed by atoms with Gasteiger partial charge in [-0.05, 0) is 55.8 Å². The number of benzene rings is 2. The van der Waals surface area contributed by atoms with Gasteiger partial charge in [-0.3, -0.25) is 0 Å². The first-order valence-electron chi connectivity index (χ1n) is 10.1. The fourth-order valence-corrected chi connectivity index (χ4v) is 4.27. The van der Waals surface area contributed by atoms with Gasteiger partial charge in [0.1, 0.15) is 0 Å². The average Bonchev–Trinajstić information content (AvgIpc) is 2.73. The van der Waals surface area contributed by atoms with Crippen LogP contribution in [0.25, 0.3) is 22.2 Å². The van der Waals surface area contributed by atoms with Crippen LogP contribution in [0, 0.1) is 5.92 Å². The molecule has 1 unspecified atom stereocenters. The van der Waals surface area contributed by atoms with Crippen LogP contribution in [0.2, 0.25) is 0 Å². The highest BCUT2D eigenvalue weighted by molar-refractivity contribution is 5.85. The Kier molecular flexibility index (Phi) is 5.64. The zero-order valence-corrected chi connectivity index (χ0v) is 16.0. The Morgan fingerprint density at radius 1 is 1.07 bits per heavy atom. The Morgan fingerprint density at radius 2 is 1.89 bits per heavy atom. The number of allylic oxidation sites excluding steroid dienone is 1. The van der Waals surface area contributed by atoms with Crippen molar-refractivity contribution in [2.24, 2.45) is 5.92 Å². The number of likely N-dealkylation sites (tertiary alicyclic amines) is 1. The van der Waals surface area contributed by atoms with Crippen LogP contribution >= 0.6 is 0 Å². The highest BCUT2D eigenvalue weighted by atomic mass is 15.1. The summed E-state index contributed by atoms with van der Waals surface area (Å²) in [5, 5.41) is 1.29. The SMILES string of the molecule is C=CCC1CCCN(CCc2cc(-c3ccccc3)nc3ccccc23)C1. The zero-order chi connectivity index (χ0) is 18.5. The molecule has 0 amide bonds. The molecule has 2 aromatic carbocycles. The second-order valence-electron chi connectivity index (χ2n) is 7.63. The molecule has 1 aromatic heterocycles. The number of hydrogen-bond acceptors (Lipinski definition) is 2. The first-order chi connectivity index (χ1) is 13.3. The lowest BCUT2D eigenvalue weighted by Gasteiger charge is -2.32. The quantitative estimate of drug-likeness (QED) is 0.524. The van der Waals surface area contributed by atoms with Crippen LogP contribution in [0.5, 0.6) is 0 Å². The smallest absolute Gasteiger partial charge is 0.0712 e. The van der Waals surface area contributed by atoms with Gasteiger partial charge < -0.3 is 4.90 Å². The molecule has 4 rings (SSSR count). The summed E-state index contributed by atoms with van der Waals surface area (Å²) in [5.74, 6) is 0.783. The Balaban J connectivity index is 1.58. The van der Waals surface area contributed by atoms with E-state index >= 15 is 0 Å². The first kappa shape index (κ1) is 17.9. The first-order valence-corrected chi connectivity index (χ1v) is 10.1. The maximum atomic E-state index is 4.91. The minimum Gasteiger partial charge on any atom is -0.303 e. The van der Waals surface area contributed by atoms with Gasteiger partial charge in [0.15, 0.2) is 0 Å². The molecule has 0 N–H and O–H groups in total. The van der Waals surface area contributed by atoms with E-state index in [-0.39, 0.29) is 0 Å². The topological polar surface area (TPSA) is 16.1 Å².